The van der Waals surface area contributed by atoms with Crippen molar-refractivity contribution >= 4 is 110 Å². The molecular formula is C68H79F2N15O13S2. The molecule has 4 aromatic carbocycles. The summed E-state index contributed by atoms with van der Waals surface area (Å²) in [4.78, 5) is 171. The van der Waals surface area contributed by atoms with Gasteiger partial charge in [0.1, 0.15) is 65.7 Å². The molecule has 8 atom stereocenters. The third-order valence-corrected chi connectivity index (χ3v) is 19.2. The molecule has 5 heterocycles. The number of carbonyl (C=O) groups is 11. The van der Waals surface area contributed by atoms with Crippen LogP contribution in [0.15, 0.2) is 110 Å². The van der Waals surface area contributed by atoms with Crippen LogP contribution in [0.25, 0.3) is 21.8 Å². The second-order valence-corrected chi connectivity index (χ2v) is 26.5. The van der Waals surface area contributed by atoms with Crippen LogP contribution in [0.2, 0.25) is 0 Å². The number of halogens is 2. The summed E-state index contributed by atoms with van der Waals surface area (Å²) in [7, 11) is 0. The van der Waals surface area contributed by atoms with Crippen molar-refractivity contribution in [3.8, 4) is 5.75 Å². The smallest absolute Gasteiger partial charge is 0.305 e. The van der Waals surface area contributed by atoms with Crippen molar-refractivity contribution in [3.05, 3.63) is 155 Å². The first-order valence-corrected chi connectivity index (χ1v) is 34.8. The first-order chi connectivity index (χ1) is 48.1. The number of thioether (sulfide) groups is 2. The van der Waals surface area contributed by atoms with Crippen LogP contribution in [-0.4, -0.2) is 180 Å². The quantitative estimate of drug-likeness (QED) is 0.0651. The van der Waals surface area contributed by atoms with Crippen LogP contribution in [0.4, 0.5) is 8.78 Å². The number of hydrogen-bond acceptors (Lipinski definition) is 16. The summed E-state index contributed by atoms with van der Waals surface area (Å²) in [6.07, 6.45) is 4.47. The summed E-state index contributed by atoms with van der Waals surface area (Å²) in [5.74, 6) is -10.7. The number of aromatic amines is 3. The van der Waals surface area contributed by atoms with Gasteiger partial charge in [0.25, 0.3) is 0 Å². The Hall–Kier alpha value is -10.3. The summed E-state index contributed by atoms with van der Waals surface area (Å²) in [5, 5.41) is 42.0. The van der Waals surface area contributed by atoms with E-state index in [4.69, 9.17) is 11.5 Å². The molecule has 9 rings (SSSR count). The van der Waals surface area contributed by atoms with Crippen molar-refractivity contribution < 1.29 is 71.7 Å². The molecule has 100 heavy (non-hydrogen) atoms. The number of carbonyl (C=O) groups excluding carboxylic acids is 10. The van der Waals surface area contributed by atoms with E-state index in [1.54, 1.807) is 0 Å². The summed E-state index contributed by atoms with van der Waals surface area (Å²) in [6, 6.07) is 8.73. The highest BCUT2D eigenvalue weighted by molar-refractivity contribution is 7.98. The number of rotatable bonds is 15. The fraction of sp³-hybridized carbons (Fsp3) is 0.382. The number of fused-ring (bicyclic) bond motifs is 4. The summed E-state index contributed by atoms with van der Waals surface area (Å²) >= 11 is 2.77. The highest BCUT2D eigenvalue weighted by Crippen LogP contribution is 2.27. The number of nitrogens with one attached hydrogen (secondary N) is 11. The molecule has 530 valence electrons. The Morgan fingerprint density at radius 3 is 1.80 bits per heavy atom. The maximum atomic E-state index is 15.0. The number of benzene rings is 4. The lowest BCUT2D eigenvalue weighted by molar-refractivity contribution is -0.143. The molecule has 0 unspecified atom stereocenters. The molecule has 7 aromatic rings. The molecule has 0 bridgehead atoms. The molecule has 2 aliphatic rings. The van der Waals surface area contributed by atoms with Gasteiger partial charge < -0.3 is 84.1 Å². The van der Waals surface area contributed by atoms with Crippen molar-refractivity contribution in [2.24, 2.45) is 11.5 Å². The number of aromatic hydroxyl groups is 1. The highest BCUT2D eigenvalue weighted by atomic mass is 32.2. The van der Waals surface area contributed by atoms with E-state index in [1.807, 2.05) is 24.3 Å². The molecule has 32 heteroatoms. The highest BCUT2D eigenvalue weighted by Gasteiger charge is 2.41. The van der Waals surface area contributed by atoms with Gasteiger partial charge in [-0.25, -0.2) is 13.8 Å². The Bertz CT molecular complexity index is 4100. The van der Waals surface area contributed by atoms with E-state index < -0.39 is 144 Å². The molecule has 0 saturated carbocycles. The van der Waals surface area contributed by atoms with Gasteiger partial charge in [-0.3, -0.25) is 52.7 Å². The third-order valence-electron chi connectivity index (χ3n) is 17.1. The van der Waals surface area contributed by atoms with Crippen LogP contribution in [0.5, 0.6) is 5.75 Å². The minimum absolute atomic E-state index is 0.00818. The number of aromatic nitrogens is 4. The Balaban J connectivity index is 1.06. The Morgan fingerprint density at radius 2 is 1.20 bits per heavy atom. The van der Waals surface area contributed by atoms with Gasteiger partial charge in [0, 0.05) is 108 Å². The van der Waals surface area contributed by atoms with E-state index in [9.17, 15) is 57.4 Å². The number of nitrogens with two attached hydrogens (primary N) is 2. The number of nitrogens with zero attached hydrogens (tertiary/aromatic N) is 2. The molecule has 0 spiro atoms. The average molecular weight is 1420 g/mol. The maximum absolute atomic E-state index is 15.0. The zero-order valence-corrected chi connectivity index (χ0v) is 55.9. The van der Waals surface area contributed by atoms with Crippen LogP contribution < -0.4 is 54.0 Å². The van der Waals surface area contributed by atoms with Crippen molar-refractivity contribution in [1.82, 2.24) is 67.4 Å². The number of imidazole rings is 1. The molecule has 28 nitrogen and oxygen atoms in total. The van der Waals surface area contributed by atoms with Crippen molar-refractivity contribution in [1.29, 1.82) is 0 Å². The number of phenols is 1. The number of unbranched alkanes of at least 4 members (excludes halogenated alkanes) is 1. The first-order valence-electron chi connectivity index (χ1n) is 32.5. The molecular weight excluding hydrogens is 1340 g/mol. The average Bonchev–Trinajstić information content (AvgIpc) is 1.63. The molecule has 1 fully saturated rings. The van der Waals surface area contributed by atoms with Gasteiger partial charge in [0.05, 0.1) is 19.3 Å². The predicted octanol–water partition coefficient (Wildman–Crippen LogP) is 1.79. The fourth-order valence-corrected chi connectivity index (χ4v) is 13.9. The van der Waals surface area contributed by atoms with E-state index in [2.05, 4.69) is 62.5 Å². The molecule has 0 aliphatic carbocycles. The second kappa shape index (κ2) is 35.4. The van der Waals surface area contributed by atoms with E-state index in [0.717, 1.165) is 17.2 Å². The van der Waals surface area contributed by atoms with Gasteiger partial charge in [-0.05, 0) is 115 Å². The normalized spacial score (nSPS) is 22.1. The number of hydrogen-bond donors (Lipinski definition) is 15. The van der Waals surface area contributed by atoms with E-state index in [-0.39, 0.29) is 73.2 Å². The van der Waals surface area contributed by atoms with Crippen molar-refractivity contribution in [2.75, 3.05) is 31.1 Å². The molecule has 1 saturated heterocycles. The number of primary amides is 1. The number of phenolic OH excluding ortho intramolecular Hbond substituents is 1. The van der Waals surface area contributed by atoms with Gasteiger partial charge >= 0.3 is 5.97 Å². The molecule has 2 aliphatic heterocycles. The van der Waals surface area contributed by atoms with Crippen LogP contribution in [0, 0.1) is 11.6 Å². The minimum atomic E-state index is -2.04. The van der Waals surface area contributed by atoms with Crippen LogP contribution >= 0.6 is 23.5 Å². The third kappa shape index (κ3) is 20.6. The fourth-order valence-electron chi connectivity index (χ4n) is 11.9. The van der Waals surface area contributed by atoms with Gasteiger partial charge in [-0.15, -0.1) is 0 Å². The summed E-state index contributed by atoms with van der Waals surface area (Å²) < 4.78 is 29.8. The maximum Gasteiger partial charge on any atom is 0.305 e. The van der Waals surface area contributed by atoms with Gasteiger partial charge in [0.2, 0.25) is 59.1 Å². The zero-order valence-electron chi connectivity index (χ0n) is 54.2. The Kier molecular flexibility index (Phi) is 26.2. The second-order valence-electron chi connectivity index (χ2n) is 24.4. The van der Waals surface area contributed by atoms with Gasteiger partial charge in [0.15, 0.2) is 0 Å². The number of amides is 10. The summed E-state index contributed by atoms with van der Waals surface area (Å²) in [6.45, 7) is -0.422. The number of carboxylic acid groups (broad SMARTS) is 1. The SMILES string of the molecule is NCCCC[C@@H]1NC(=O)CCSCc2ccccc2CSC[C@@H](C(N)=O)NC(=O)[C@@H]2CCCN2C(=O)[C@H](Cc2ccc(O)cc2)NC(=O)[C@H](Cc2cnc[nH]2)NC(=O)[C@H](CC(=O)O)NC(=O)[C@H](Cc2c[nH]c3ccc(F)cc23)NC(=O)[C@H](Cc2c[nH]c3ccc(F)cc23)NC(=O)CNC1=O. The van der Waals surface area contributed by atoms with Crippen LogP contribution in [0.1, 0.15) is 78.5 Å². The number of aliphatic carboxylic acids is 1. The van der Waals surface area contributed by atoms with Gasteiger partial charge in [-0.2, -0.15) is 23.5 Å². The van der Waals surface area contributed by atoms with E-state index in [1.165, 1.54) is 108 Å². The van der Waals surface area contributed by atoms with Crippen LogP contribution in [-0.2, 0) is 89.9 Å². The predicted molar refractivity (Wildman–Crippen MR) is 367 cm³/mol. The lowest BCUT2D eigenvalue weighted by Crippen LogP contribution is -2.61. The van der Waals surface area contributed by atoms with Crippen LogP contribution in [0.3, 0.4) is 0 Å². The van der Waals surface area contributed by atoms with Crippen molar-refractivity contribution in [3.63, 3.8) is 0 Å². The number of H-pyrrole nitrogens is 3. The minimum Gasteiger partial charge on any atom is -0.508 e. The Morgan fingerprint density at radius 1 is 0.620 bits per heavy atom. The van der Waals surface area contributed by atoms with E-state index >= 15 is 14.4 Å². The standard InChI is InChI=1S/C68H79F2N15O13S2/c69-42-12-16-48-46(25-42)40(29-74-48)23-51-63(93)80-52(24-41-30-75-49-17-13-43(70)26-47(41)49)64(94)82-54(28-60(89)90)66(96)81-53(27-44-31-73-36-77-44)65(95)83-55(22-37-10-14-45(86)15-11-37)68(98)85-20-5-9-57(85)67(97)84-56(61(72)91)35-100-34-39-7-2-1-6-38(39)33-99-21-18-58(87)78-50(8-3-4-19-71)62(92)76-32-59(88)79-51/h1-2,6-7,10-17,25-26,29-31,36,50-57,74-75,86H,3-5,8-9,18-24,27-28,32-35,71H2,(H2,72,91)(H,73,77)(H,76,92)(H,78,87)(H,79,88)(H,80,93)(H,81,96)(H,82,94)(H,83,95)(H,84,97)(H,89,90)/t50-,51-,52-,53-,54-,55-,56-,57-/m0/s1. The van der Waals surface area contributed by atoms with Crippen molar-refractivity contribution in [2.45, 2.75) is 130 Å². The lowest BCUT2D eigenvalue weighted by Gasteiger charge is -2.31. The Labute approximate surface area is 580 Å². The lowest BCUT2D eigenvalue weighted by atomic mass is 10.0. The molecule has 17 N–H and O–H groups in total. The van der Waals surface area contributed by atoms with E-state index in [0.29, 0.717) is 70.6 Å². The first kappa shape index (κ1) is 73.9. The molecule has 10 amide bonds. The largest absolute Gasteiger partial charge is 0.508 e. The topological polar surface area (TPSA) is 440 Å². The van der Waals surface area contributed by atoms with Gasteiger partial charge in [-0.1, -0.05) is 36.4 Å². The summed E-state index contributed by atoms with van der Waals surface area (Å²) in [5.41, 5.74) is 15.6. The molecule has 0 radical (unpaired) electrons. The number of carboxylic acids is 1. The monoisotopic (exact) mass is 1420 g/mol. The molecule has 3 aromatic heterocycles. The zero-order chi connectivity index (χ0) is 71.4.